The maximum Gasteiger partial charge on any atom is 0.221 e. The van der Waals surface area contributed by atoms with Crippen LogP contribution in [0.4, 0.5) is 11.4 Å². The molecule has 0 bridgehead atoms. The van der Waals surface area contributed by atoms with Crippen LogP contribution in [0.1, 0.15) is 66.5 Å². The smallest absolute Gasteiger partial charge is 0.221 e. The predicted molar refractivity (Wildman–Crippen MR) is 139 cm³/mol. The zero-order chi connectivity index (χ0) is 25.3. The largest absolute Gasteiger partial charge is 0.326 e. The van der Waals surface area contributed by atoms with Gasteiger partial charge in [-0.05, 0) is 58.4 Å². The molecule has 0 unspecified atom stereocenters. The molecule has 0 fully saturated rings. The SMILES string of the molecule is CC(=O)Nc1ccc(C(C)(C)C)cc1-c1ccc(-c2cc(C(C)(C)C)ccc2NC(C)=O)nn1. The minimum Gasteiger partial charge on any atom is -0.326 e. The first-order valence-electron chi connectivity index (χ1n) is 11.4. The van der Waals surface area contributed by atoms with Crippen LogP contribution in [0.25, 0.3) is 22.5 Å². The predicted octanol–water partition coefficient (Wildman–Crippen LogP) is 6.32. The summed E-state index contributed by atoms with van der Waals surface area (Å²) in [5.41, 5.74) is 6.47. The summed E-state index contributed by atoms with van der Waals surface area (Å²) >= 11 is 0. The van der Waals surface area contributed by atoms with Crippen LogP contribution in [0.2, 0.25) is 0 Å². The molecule has 1 aromatic heterocycles. The van der Waals surface area contributed by atoms with E-state index >= 15 is 0 Å². The van der Waals surface area contributed by atoms with Gasteiger partial charge in [0.05, 0.1) is 22.8 Å². The Morgan fingerprint density at radius 1 is 0.618 bits per heavy atom. The van der Waals surface area contributed by atoms with E-state index in [0.29, 0.717) is 22.8 Å². The second-order valence-electron chi connectivity index (χ2n) is 10.7. The Morgan fingerprint density at radius 3 is 1.24 bits per heavy atom. The van der Waals surface area contributed by atoms with E-state index in [4.69, 9.17) is 0 Å². The Bertz CT molecular complexity index is 1120. The lowest BCUT2D eigenvalue weighted by atomic mass is 9.85. The fraction of sp³-hybridized carbons (Fsp3) is 0.357. The molecular formula is C28H34N4O2. The van der Waals surface area contributed by atoms with Gasteiger partial charge < -0.3 is 10.6 Å². The number of carbonyl (C=O) groups excluding carboxylic acids is 2. The van der Waals surface area contributed by atoms with Crippen molar-refractivity contribution < 1.29 is 9.59 Å². The summed E-state index contributed by atoms with van der Waals surface area (Å²) in [4.78, 5) is 23.5. The quantitative estimate of drug-likeness (QED) is 0.479. The van der Waals surface area contributed by atoms with Crippen molar-refractivity contribution in [1.29, 1.82) is 0 Å². The van der Waals surface area contributed by atoms with Crippen molar-refractivity contribution in [2.45, 2.75) is 66.2 Å². The Balaban J connectivity index is 2.11. The average Bonchev–Trinajstić information content (AvgIpc) is 2.72. The summed E-state index contributed by atoms with van der Waals surface area (Å²) < 4.78 is 0. The number of nitrogens with one attached hydrogen (secondary N) is 2. The number of amides is 2. The lowest BCUT2D eigenvalue weighted by molar-refractivity contribution is -0.115. The molecule has 0 aliphatic rings. The van der Waals surface area contributed by atoms with E-state index in [1.54, 1.807) is 0 Å². The second kappa shape index (κ2) is 9.37. The summed E-state index contributed by atoms with van der Waals surface area (Å²) in [6.45, 7) is 15.8. The molecule has 0 aliphatic carbocycles. The van der Waals surface area contributed by atoms with Gasteiger partial charge in [0.1, 0.15) is 0 Å². The third kappa shape index (κ3) is 5.87. The fourth-order valence-electron chi connectivity index (χ4n) is 3.66. The second-order valence-corrected chi connectivity index (χ2v) is 10.7. The maximum absolute atomic E-state index is 11.8. The summed E-state index contributed by atoms with van der Waals surface area (Å²) in [5, 5.41) is 14.8. The first-order valence-corrected chi connectivity index (χ1v) is 11.4. The number of hydrogen-bond acceptors (Lipinski definition) is 4. The van der Waals surface area contributed by atoms with Gasteiger partial charge in [0.2, 0.25) is 11.8 Å². The van der Waals surface area contributed by atoms with Crippen molar-refractivity contribution in [3.63, 3.8) is 0 Å². The van der Waals surface area contributed by atoms with Gasteiger partial charge in [-0.25, -0.2) is 0 Å². The van der Waals surface area contributed by atoms with E-state index in [-0.39, 0.29) is 22.6 Å². The van der Waals surface area contributed by atoms with Crippen LogP contribution in [0.5, 0.6) is 0 Å². The molecule has 6 nitrogen and oxygen atoms in total. The molecule has 1 heterocycles. The van der Waals surface area contributed by atoms with Gasteiger partial charge in [-0.2, -0.15) is 0 Å². The summed E-state index contributed by atoms with van der Waals surface area (Å²) in [6.07, 6.45) is 0. The minimum absolute atomic E-state index is 0.0580. The normalized spacial score (nSPS) is 11.8. The Hall–Kier alpha value is -3.54. The van der Waals surface area contributed by atoms with Crippen LogP contribution in [0, 0.1) is 0 Å². The molecule has 0 radical (unpaired) electrons. The van der Waals surface area contributed by atoms with Crippen LogP contribution in [-0.4, -0.2) is 22.0 Å². The van der Waals surface area contributed by atoms with Gasteiger partial charge in [-0.1, -0.05) is 53.7 Å². The molecule has 34 heavy (non-hydrogen) atoms. The molecule has 0 spiro atoms. The molecule has 3 rings (SSSR count). The summed E-state index contributed by atoms with van der Waals surface area (Å²) in [5.74, 6) is -0.290. The van der Waals surface area contributed by atoms with Gasteiger partial charge in [0.25, 0.3) is 0 Å². The Labute approximate surface area is 202 Å². The van der Waals surface area contributed by atoms with Gasteiger partial charge in [-0.3, -0.25) is 9.59 Å². The standard InChI is InChI=1S/C28H34N4O2/c1-17(33)29-23-11-9-19(27(3,4)5)15-21(23)25-13-14-26(32-31-25)22-16-20(28(6,7)8)10-12-24(22)30-18(2)34/h9-16H,1-8H3,(H,29,33)(H,30,34). The highest BCUT2D eigenvalue weighted by Crippen LogP contribution is 2.35. The topological polar surface area (TPSA) is 84.0 Å². The van der Waals surface area contributed by atoms with Crippen LogP contribution >= 0.6 is 0 Å². The zero-order valence-electron chi connectivity index (χ0n) is 21.3. The summed E-state index contributed by atoms with van der Waals surface area (Å²) in [7, 11) is 0. The maximum atomic E-state index is 11.8. The molecule has 6 heteroatoms. The van der Waals surface area contributed by atoms with E-state index in [2.05, 4.69) is 74.5 Å². The molecule has 2 N–H and O–H groups in total. The number of hydrogen-bond donors (Lipinski definition) is 2. The van der Waals surface area contributed by atoms with Gasteiger partial charge >= 0.3 is 0 Å². The van der Waals surface area contributed by atoms with Crippen LogP contribution in [0.15, 0.2) is 48.5 Å². The van der Waals surface area contributed by atoms with E-state index in [1.807, 2.05) is 36.4 Å². The van der Waals surface area contributed by atoms with Crippen molar-refractivity contribution in [1.82, 2.24) is 10.2 Å². The molecule has 2 aromatic carbocycles. The molecule has 2 amide bonds. The highest BCUT2D eigenvalue weighted by atomic mass is 16.2. The van der Waals surface area contributed by atoms with Gasteiger partial charge in [0.15, 0.2) is 0 Å². The first kappa shape index (κ1) is 25.1. The molecule has 3 aromatic rings. The Kier molecular flexibility index (Phi) is 6.92. The van der Waals surface area contributed by atoms with Crippen molar-refractivity contribution >= 4 is 23.2 Å². The lowest BCUT2D eigenvalue weighted by Crippen LogP contribution is -2.13. The number of anilines is 2. The molecule has 178 valence electrons. The summed E-state index contributed by atoms with van der Waals surface area (Å²) in [6, 6.07) is 15.8. The fourth-order valence-corrected chi connectivity index (χ4v) is 3.66. The monoisotopic (exact) mass is 458 g/mol. The van der Waals surface area contributed by atoms with Crippen LogP contribution in [-0.2, 0) is 20.4 Å². The van der Waals surface area contributed by atoms with Crippen molar-refractivity contribution in [3.05, 3.63) is 59.7 Å². The van der Waals surface area contributed by atoms with Crippen molar-refractivity contribution in [2.75, 3.05) is 10.6 Å². The van der Waals surface area contributed by atoms with E-state index < -0.39 is 0 Å². The minimum atomic E-state index is -0.145. The van der Waals surface area contributed by atoms with Gasteiger partial charge in [-0.15, -0.1) is 10.2 Å². The van der Waals surface area contributed by atoms with Crippen molar-refractivity contribution in [3.8, 4) is 22.5 Å². The number of rotatable bonds is 4. The third-order valence-electron chi connectivity index (χ3n) is 5.61. The number of nitrogens with zero attached hydrogens (tertiary/aromatic N) is 2. The first-order chi connectivity index (χ1) is 15.8. The van der Waals surface area contributed by atoms with E-state index in [1.165, 1.54) is 13.8 Å². The third-order valence-corrected chi connectivity index (χ3v) is 5.61. The van der Waals surface area contributed by atoms with E-state index in [0.717, 1.165) is 22.3 Å². The lowest BCUT2D eigenvalue weighted by Gasteiger charge is -2.22. The molecule has 0 aliphatic heterocycles. The van der Waals surface area contributed by atoms with Crippen LogP contribution < -0.4 is 10.6 Å². The highest BCUT2D eigenvalue weighted by molar-refractivity contribution is 5.95. The number of aromatic nitrogens is 2. The molecule has 0 saturated heterocycles. The highest BCUT2D eigenvalue weighted by Gasteiger charge is 2.20. The molecule has 0 atom stereocenters. The van der Waals surface area contributed by atoms with Crippen LogP contribution in [0.3, 0.4) is 0 Å². The molecule has 0 saturated carbocycles. The zero-order valence-corrected chi connectivity index (χ0v) is 21.3. The molecular weight excluding hydrogens is 424 g/mol. The van der Waals surface area contributed by atoms with E-state index in [9.17, 15) is 9.59 Å². The number of carbonyl (C=O) groups is 2. The van der Waals surface area contributed by atoms with Crippen molar-refractivity contribution in [2.24, 2.45) is 0 Å². The van der Waals surface area contributed by atoms with Gasteiger partial charge in [0, 0.05) is 25.0 Å². The number of benzene rings is 2. The Morgan fingerprint density at radius 2 is 0.971 bits per heavy atom. The average molecular weight is 459 g/mol.